The number of sulfonamides is 1. The molecule has 1 N–H and O–H groups in total. The fraction of sp³-hybridized carbons (Fsp3) is 0.500. The van der Waals surface area contributed by atoms with E-state index in [4.69, 9.17) is 15.1 Å². The quantitative estimate of drug-likeness (QED) is 0.873. The van der Waals surface area contributed by atoms with Crippen molar-refractivity contribution in [2.24, 2.45) is 0 Å². The van der Waals surface area contributed by atoms with Gasteiger partial charge in [0.2, 0.25) is 10.0 Å². The van der Waals surface area contributed by atoms with Crippen molar-refractivity contribution >= 4 is 10.0 Å². The highest BCUT2D eigenvalue weighted by molar-refractivity contribution is 7.88. The van der Waals surface area contributed by atoms with E-state index in [1.165, 1.54) is 4.31 Å². The molecule has 0 aromatic heterocycles. The number of nitrogens with zero attached hydrogens (tertiary/aromatic N) is 2. The normalized spacial score (nSPS) is 23.7. The first kappa shape index (κ1) is 15.9. The third kappa shape index (κ3) is 3.80. The van der Waals surface area contributed by atoms with Crippen molar-refractivity contribution < 1.29 is 18.3 Å². The maximum absolute atomic E-state index is 12.5. The van der Waals surface area contributed by atoms with E-state index < -0.39 is 16.1 Å². The second kappa shape index (κ2) is 6.54. The van der Waals surface area contributed by atoms with Crippen molar-refractivity contribution in [2.75, 3.05) is 19.8 Å². The summed E-state index contributed by atoms with van der Waals surface area (Å²) >= 11 is 0. The van der Waals surface area contributed by atoms with E-state index in [9.17, 15) is 8.42 Å². The van der Waals surface area contributed by atoms with Crippen LogP contribution in [0.5, 0.6) is 0 Å². The molecule has 1 heterocycles. The average Bonchev–Trinajstić information content (AvgIpc) is 2.48. The van der Waals surface area contributed by atoms with Gasteiger partial charge in [-0.15, -0.1) is 0 Å². The van der Waals surface area contributed by atoms with Gasteiger partial charge >= 0.3 is 0 Å². The molecule has 2 rings (SSSR count). The number of ether oxygens (including phenoxy) is 1. The Balaban J connectivity index is 2.14. The molecule has 114 valence electrons. The number of benzene rings is 1. The maximum Gasteiger partial charge on any atom is 0.218 e. The summed E-state index contributed by atoms with van der Waals surface area (Å²) in [6.07, 6.45) is -0.475. The summed E-state index contributed by atoms with van der Waals surface area (Å²) < 4.78 is 31.7. The number of morpholine rings is 1. The SMILES string of the molecule is CC1COC(CO)CN1S(=O)(=O)Cc1ccc(C#N)cc1. The molecular formula is C14H18N2O4S. The number of nitriles is 1. The first-order chi connectivity index (χ1) is 9.96. The van der Waals surface area contributed by atoms with Crippen molar-refractivity contribution in [3.05, 3.63) is 35.4 Å². The Labute approximate surface area is 124 Å². The van der Waals surface area contributed by atoms with Crippen LogP contribution in [0.2, 0.25) is 0 Å². The number of hydrogen-bond donors (Lipinski definition) is 1. The Morgan fingerprint density at radius 2 is 2.10 bits per heavy atom. The van der Waals surface area contributed by atoms with E-state index in [0.29, 0.717) is 11.1 Å². The van der Waals surface area contributed by atoms with Crippen LogP contribution in [0.3, 0.4) is 0 Å². The minimum Gasteiger partial charge on any atom is -0.394 e. The molecule has 1 fully saturated rings. The predicted molar refractivity (Wildman–Crippen MR) is 76.8 cm³/mol. The van der Waals surface area contributed by atoms with E-state index in [1.807, 2.05) is 6.07 Å². The van der Waals surface area contributed by atoms with E-state index in [0.717, 1.165) is 0 Å². The molecule has 7 heteroatoms. The Morgan fingerprint density at radius 1 is 1.43 bits per heavy atom. The lowest BCUT2D eigenvalue weighted by molar-refractivity contribution is -0.0516. The van der Waals surface area contributed by atoms with Gasteiger partial charge in [0.05, 0.1) is 36.7 Å². The Bertz CT molecular complexity index is 621. The van der Waals surface area contributed by atoms with Crippen molar-refractivity contribution in [1.82, 2.24) is 4.31 Å². The molecule has 0 radical (unpaired) electrons. The highest BCUT2D eigenvalue weighted by Crippen LogP contribution is 2.19. The van der Waals surface area contributed by atoms with Crippen LogP contribution in [0, 0.1) is 11.3 Å². The zero-order valence-corrected chi connectivity index (χ0v) is 12.6. The molecule has 2 unspecified atom stereocenters. The first-order valence-electron chi connectivity index (χ1n) is 6.67. The minimum absolute atomic E-state index is 0.124. The van der Waals surface area contributed by atoms with Crippen molar-refractivity contribution in [3.8, 4) is 6.07 Å². The van der Waals surface area contributed by atoms with Gasteiger partial charge in [0.15, 0.2) is 0 Å². The van der Waals surface area contributed by atoms with Crippen LogP contribution in [0.4, 0.5) is 0 Å². The molecule has 1 aliphatic heterocycles. The van der Waals surface area contributed by atoms with Gasteiger partial charge in [-0.25, -0.2) is 8.42 Å². The lowest BCUT2D eigenvalue weighted by Crippen LogP contribution is -2.52. The minimum atomic E-state index is -3.49. The van der Waals surface area contributed by atoms with Crippen LogP contribution in [-0.4, -0.2) is 49.7 Å². The highest BCUT2D eigenvalue weighted by atomic mass is 32.2. The summed E-state index contributed by atoms with van der Waals surface area (Å²) in [5.41, 5.74) is 1.13. The number of rotatable bonds is 4. The number of aliphatic hydroxyl groups excluding tert-OH is 1. The van der Waals surface area contributed by atoms with Crippen molar-refractivity contribution in [3.63, 3.8) is 0 Å². The molecule has 21 heavy (non-hydrogen) atoms. The molecule has 1 aromatic rings. The Kier molecular flexibility index (Phi) is 4.96. The zero-order valence-electron chi connectivity index (χ0n) is 11.8. The van der Waals surface area contributed by atoms with Gasteiger partial charge in [-0.3, -0.25) is 0 Å². The highest BCUT2D eigenvalue weighted by Gasteiger charge is 2.34. The molecule has 6 nitrogen and oxygen atoms in total. The molecule has 0 spiro atoms. The smallest absolute Gasteiger partial charge is 0.218 e. The fourth-order valence-electron chi connectivity index (χ4n) is 2.26. The van der Waals surface area contributed by atoms with E-state index >= 15 is 0 Å². The molecule has 0 aliphatic carbocycles. The number of hydrogen-bond acceptors (Lipinski definition) is 5. The summed E-state index contributed by atoms with van der Waals surface area (Å²) in [7, 11) is -3.49. The van der Waals surface area contributed by atoms with Crippen LogP contribution in [0.15, 0.2) is 24.3 Å². The largest absolute Gasteiger partial charge is 0.394 e. The standard InChI is InChI=1S/C14H18N2O4S/c1-11-9-20-14(8-17)7-16(11)21(18,19)10-13-4-2-12(6-15)3-5-13/h2-5,11,14,17H,7-10H2,1H3. The molecule has 2 atom stereocenters. The van der Waals surface area contributed by atoms with Gasteiger partial charge in [-0.1, -0.05) is 12.1 Å². The van der Waals surface area contributed by atoms with Gasteiger partial charge in [-0.2, -0.15) is 9.57 Å². The van der Waals surface area contributed by atoms with Crippen LogP contribution in [-0.2, 0) is 20.5 Å². The predicted octanol–water partition coefficient (Wildman–Crippen LogP) is 0.470. The van der Waals surface area contributed by atoms with Gasteiger partial charge in [-0.05, 0) is 24.6 Å². The van der Waals surface area contributed by atoms with E-state index in [2.05, 4.69) is 0 Å². The van der Waals surface area contributed by atoms with E-state index in [1.54, 1.807) is 31.2 Å². The Morgan fingerprint density at radius 3 is 2.67 bits per heavy atom. The van der Waals surface area contributed by atoms with Crippen LogP contribution >= 0.6 is 0 Å². The van der Waals surface area contributed by atoms with Crippen LogP contribution < -0.4 is 0 Å². The molecule has 1 saturated heterocycles. The molecule has 1 aromatic carbocycles. The first-order valence-corrected chi connectivity index (χ1v) is 8.28. The summed E-state index contributed by atoms with van der Waals surface area (Å²) in [6, 6.07) is 8.23. The summed E-state index contributed by atoms with van der Waals surface area (Å²) in [6.45, 7) is 2.02. The monoisotopic (exact) mass is 310 g/mol. The zero-order chi connectivity index (χ0) is 15.5. The summed E-state index contributed by atoms with van der Waals surface area (Å²) in [5, 5.41) is 17.9. The average molecular weight is 310 g/mol. The third-order valence-electron chi connectivity index (χ3n) is 3.44. The summed E-state index contributed by atoms with van der Waals surface area (Å²) in [5.74, 6) is -0.124. The topological polar surface area (TPSA) is 90.6 Å². The van der Waals surface area contributed by atoms with Gasteiger partial charge in [0.1, 0.15) is 0 Å². The molecule has 0 amide bonds. The molecule has 0 saturated carbocycles. The van der Waals surface area contributed by atoms with Crippen LogP contribution in [0.1, 0.15) is 18.1 Å². The second-order valence-corrected chi connectivity index (χ2v) is 7.04. The van der Waals surface area contributed by atoms with Crippen LogP contribution in [0.25, 0.3) is 0 Å². The van der Waals surface area contributed by atoms with Crippen molar-refractivity contribution in [1.29, 1.82) is 5.26 Å². The lowest BCUT2D eigenvalue weighted by atomic mass is 10.2. The number of aliphatic hydroxyl groups is 1. The van der Waals surface area contributed by atoms with E-state index in [-0.39, 0.29) is 31.6 Å². The van der Waals surface area contributed by atoms with Gasteiger partial charge < -0.3 is 9.84 Å². The van der Waals surface area contributed by atoms with Gasteiger partial charge in [0, 0.05) is 12.6 Å². The van der Waals surface area contributed by atoms with Gasteiger partial charge in [0.25, 0.3) is 0 Å². The van der Waals surface area contributed by atoms with Crippen molar-refractivity contribution in [2.45, 2.75) is 24.8 Å². The Hall–Kier alpha value is -1.46. The fourth-order valence-corrected chi connectivity index (χ4v) is 4.04. The molecular weight excluding hydrogens is 292 g/mol. The second-order valence-electron chi connectivity index (χ2n) is 5.12. The summed E-state index contributed by atoms with van der Waals surface area (Å²) in [4.78, 5) is 0. The molecule has 0 bridgehead atoms. The third-order valence-corrected chi connectivity index (χ3v) is 5.36. The lowest BCUT2D eigenvalue weighted by Gasteiger charge is -2.36. The maximum atomic E-state index is 12.5. The molecule has 1 aliphatic rings.